The summed E-state index contributed by atoms with van der Waals surface area (Å²) in [4.78, 5) is 4.51. The molecule has 0 aliphatic rings. The molecule has 0 fully saturated rings. The first-order chi connectivity index (χ1) is 9.15. The minimum absolute atomic E-state index is 0.00228. The largest absolute Gasteiger partial charge is 0.483 e. The van der Waals surface area contributed by atoms with Gasteiger partial charge in [0.05, 0.1) is 11.6 Å². The molecule has 0 bridgehead atoms. The molecule has 1 aromatic carbocycles. The van der Waals surface area contributed by atoms with Gasteiger partial charge in [-0.05, 0) is 37.5 Å². The number of hydrogen-bond donors (Lipinski definition) is 0. The summed E-state index contributed by atoms with van der Waals surface area (Å²) < 4.78 is 6.12. The molecular weight excluding hydrogens is 278 g/mol. The van der Waals surface area contributed by atoms with Crippen molar-refractivity contribution in [2.24, 2.45) is 0 Å². The van der Waals surface area contributed by atoms with Crippen molar-refractivity contribution in [1.82, 2.24) is 4.98 Å². The van der Waals surface area contributed by atoms with Crippen LogP contribution in [0.25, 0.3) is 0 Å². The van der Waals surface area contributed by atoms with E-state index in [-0.39, 0.29) is 6.10 Å². The van der Waals surface area contributed by atoms with Gasteiger partial charge in [-0.3, -0.25) is 0 Å². The molecule has 1 atom stereocenters. The number of alkyl halides is 1. The summed E-state index contributed by atoms with van der Waals surface area (Å²) in [6.07, 6.45) is 0.894. The summed E-state index contributed by atoms with van der Waals surface area (Å²) in [5.41, 5.74) is 3.35. The van der Waals surface area contributed by atoms with Crippen LogP contribution < -0.4 is 4.74 Å². The summed E-state index contributed by atoms with van der Waals surface area (Å²) >= 11 is 7.41. The summed E-state index contributed by atoms with van der Waals surface area (Å²) in [7, 11) is 0. The third-order valence-electron chi connectivity index (χ3n) is 3.18. The average molecular weight is 296 g/mol. The SMILES string of the molecule is CCC(Oc1cccc(C)c1C)c1nc(CCl)cs1. The summed E-state index contributed by atoms with van der Waals surface area (Å²) in [6, 6.07) is 6.13. The third kappa shape index (κ3) is 3.28. The number of aromatic nitrogens is 1. The van der Waals surface area contributed by atoms with Crippen LogP contribution in [0.5, 0.6) is 5.75 Å². The zero-order chi connectivity index (χ0) is 13.8. The third-order valence-corrected chi connectivity index (χ3v) is 4.44. The molecule has 0 radical (unpaired) electrons. The van der Waals surface area contributed by atoms with Crippen molar-refractivity contribution in [3.05, 3.63) is 45.4 Å². The van der Waals surface area contributed by atoms with Crippen molar-refractivity contribution in [3.63, 3.8) is 0 Å². The van der Waals surface area contributed by atoms with Gasteiger partial charge in [0.1, 0.15) is 16.9 Å². The quantitative estimate of drug-likeness (QED) is 0.722. The van der Waals surface area contributed by atoms with Gasteiger partial charge in [0, 0.05) is 5.38 Å². The van der Waals surface area contributed by atoms with Crippen molar-refractivity contribution in [3.8, 4) is 5.75 Å². The van der Waals surface area contributed by atoms with Crippen molar-refractivity contribution in [1.29, 1.82) is 0 Å². The number of benzene rings is 1. The van der Waals surface area contributed by atoms with E-state index in [1.807, 2.05) is 17.5 Å². The summed E-state index contributed by atoms with van der Waals surface area (Å²) in [6.45, 7) is 6.29. The van der Waals surface area contributed by atoms with Crippen LogP contribution in [0, 0.1) is 13.8 Å². The van der Waals surface area contributed by atoms with Crippen molar-refractivity contribution in [2.45, 2.75) is 39.2 Å². The van der Waals surface area contributed by atoms with E-state index in [1.54, 1.807) is 11.3 Å². The van der Waals surface area contributed by atoms with Gasteiger partial charge < -0.3 is 4.74 Å². The Labute approximate surface area is 123 Å². The fourth-order valence-corrected chi connectivity index (χ4v) is 3.00. The number of thiazole rings is 1. The van der Waals surface area contributed by atoms with Crippen LogP contribution in [-0.2, 0) is 5.88 Å². The Morgan fingerprint density at radius 3 is 2.79 bits per heavy atom. The maximum absolute atomic E-state index is 6.12. The van der Waals surface area contributed by atoms with E-state index < -0.39 is 0 Å². The average Bonchev–Trinajstić information content (AvgIpc) is 2.89. The van der Waals surface area contributed by atoms with Crippen LogP contribution in [0.3, 0.4) is 0 Å². The van der Waals surface area contributed by atoms with E-state index in [4.69, 9.17) is 16.3 Å². The van der Waals surface area contributed by atoms with E-state index in [2.05, 4.69) is 31.8 Å². The number of nitrogens with zero attached hydrogens (tertiary/aromatic N) is 1. The van der Waals surface area contributed by atoms with Crippen LogP contribution in [0.4, 0.5) is 0 Å². The predicted octanol–water partition coefficient (Wildman–Crippen LogP) is 5.03. The highest BCUT2D eigenvalue weighted by molar-refractivity contribution is 7.09. The van der Waals surface area contributed by atoms with Crippen LogP contribution in [0.1, 0.15) is 41.3 Å². The number of aryl methyl sites for hydroxylation is 1. The zero-order valence-electron chi connectivity index (χ0n) is 11.4. The highest BCUT2D eigenvalue weighted by Crippen LogP contribution is 2.30. The molecule has 0 aliphatic carbocycles. The monoisotopic (exact) mass is 295 g/mol. The molecule has 2 rings (SSSR count). The summed E-state index contributed by atoms with van der Waals surface area (Å²) in [5.74, 6) is 1.39. The van der Waals surface area contributed by atoms with Gasteiger partial charge >= 0.3 is 0 Å². The highest BCUT2D eigenvalue weighted by atomic mass is 35.5. The normalized spacial score (nSPS) is 12.4. The Balaban J connectivity index is 2.21. The molecule has 0 amide bonds. The second-order valence-electron chi connectivity index (χ2n) is 4.52. The standard InChI is InChI=1S/C15H18ClNOS/c1-4-13(15-17-12(8-16)9-19-15)18-14-7-5-6-10(2)11(14)3/h5-7,9,13H,4,8H2,1-3H3. The zero-order valence-corrected chi connectivity index (χ0v) is 13.0. The minimum atomic E-state index is 0.00228. The molecule has 0 aliphatic heterocycles. The highest BCUT2D eigenvalue weighted by Gasteiger charge is 2.16. The van der Waals surface area contributed by atoms with Gasteiger partial charge in [-0.2, -0.15) is 0 Å². The van der Waals surface area contributed by atoms with Crippen LogP contribution in [0.15, 0.2) is 23.6 Å². The molecule has 19 heavy (non-hydrogen) atoms. The number of rotatable bonds is 5. The van der Waals surface area contributed by atoms with E-state index in [0.717, 1.165) is 22.9 Å². The van der Waals surface area contributed by atoms with E-state index in [9.17, 15) is 0 Å². The molecule has 0 saturated carbocycles. The fraction of sp³-hybridized carbons (Fsp3) is 0.400. The molecule has 0 N–H and O–H groups in total. The van der Waals surface area contributed by atoms with E-state index >= 15 is 0 Å². The lowest BCUT2D eigenvalue weighted by Gasteiger charge is -2.17. The molecule has 1 unspecified atom stereocenters. The molecule has 1 aromatic heterocycles. The van der Waals surface area contributed by atoms with Crippen LogP contribution in [0.2, 0.25) is 0 Å². The maximum atomic E-state index is 6.12. The maximum Gasteiger partial charge on any atom is 0.150 e. The smallest absolute Gasteiger partial charge is 0.150 e. The Morgan fingerprint density at radius 1 is 1.37 bits per heavy atom. The first-order valence-corrected chi connectivity index (χ1v) is 7.80. The van der Waals surface area contributed by atoms with E-state index in [1.165, 1.54) is 11.1 Å². The Kier molecular flexibility index (Phi) is 4.83. The molecule has 1 heterocycles. The van der Waals surface area contributed by atoms with Gasteiger partial charge in [-0.25, -0.2) is 4.98 Å². The van der Waals surface area contributed by atoms with Gasteiger partial charge in [-0.15, -0.1) is 22.9 Å². The number of halogens is 1. The van der Waals surface area contributed by atoms with Crippen LogP contribution >= 0.6 is 22.9 Å². The second-order valence-corrected chi connectivity index (χ2v) is 5.68. The Hall–Kier alpha value is -1.06. The number of hydrogen-bond acceptors (Lipinski definition) is 3. The lowest BCUT2D eigenvalue weighted by atomic mass is 10.1. The Morgan fingerprint density at radius 2 is 2.16 bits per heavy atom. The Bertz CT molecular complexity index is 553. The number of ether oxygens (including phenoxy) is 1. The lowest BCUT2D eigenvalue weighted by molar-refractivity contribution is 0.199. The van der Waals surface area contributed by atoms with Crippen molar-refractivity contribution >= 4 is 22.9 Å². The van der Waals surface area contributed by atoms with Crippen molar-refractivity contribution < 1.29 is 4.74 Å². The van der Waals surface area contributed by atoms with E-state index in [0.29, 0.717) is 5.88 Å². The molecule has 0 spiro atoms. The van der Waals surface area contributed by atoms with Gasteiger partial charge in [0.25, 0.3) is 0 Å². The molecular formula is C15H18ClNOS. The molecule has 102 valence electrons. The fourth-order valence-electron chi connectivity index (χ4n) is 1.85. The first-order valence-electron chi connectivity index (χ1n) is 6.38. The van der Waals surface area contributed by atoms with Crippen molar-refractivity contribution in [2.75, 3.05) is 0 Å². The topological polar surface area (TPSA) is 22.1 Å². The molecule has 0 saturated heterocycles. The van der Waals surface area contributed by atoms with Gasteiger partial charge in [-0.1, -0.05) is 19.1 Å². The molecule has 2 nitrogen and oxygen atoms in total. The minimum Gasteiger partial charge on any atom is -0.483 e. The predicted molar refractivity (Wildman–Crippen MR) is 81.2 cm³/mol. The molecule has 4 heteroatoms. The molecule has 2 aromatic rings. The lowest BCUT2D eigenvalue weighted by Crippen LogP contribution is -2.07. The van der Waals surface area contributed by atoms with Gasteiger partial charge in [0.2, 0.25) is 0 Å². The second kappa shape index (κ2) is 6.40. The van der Waals surface area contributed by atoms with Gasteiger partial charge in [0.15, 0.2) is 0 Å². The first kappa shape index (κ1) is 14.4. The van der Waals surface area contributed by atoms with Crippen LogP contribution in [-0.4, -0.2) is 4.98 Å². The summed E-state index contributed by atoms with van der Waals surface area (Å²) in [5, 5.41) is 3.00.